The lowest BCUT2D eigenvalue weighted by atomic mass is 10.0. The minimum absolute atomic E-state index is 0.00851. The molecule has 7 nitrogen and oxygen atoms in total. The van der Waals surface area contributed by atoms with E-state index in [-0.39, 0.29) is 17.5 Å². The Bertz CT molecular complexity index is 587. The van der Waals surface area contributed by atoms with Crippen LogP contribution in [0.25, 0.3) is 0 Å². The molecule has 0 saturated heterocycles. The van der Waals surface area contributed by atoms with Crippen molar-refractivity contribution in [3.05, 3.63) is 39.9 Å². The van der Waals surface area contributed by atoms with Crippen LogP contribution in [-0.4, -0.2) is 44.0 Å². The van der Waals surface area contributed by atoms with Crippen molar-refractivity contribution in [3.63, 3.8) is 0 Å². The Hall–Kier alpha value is -1.51. The highest BCUT2D eigenvalue weighted by Gasteiger charge is 2.16. The van der Waals surface area contributed by atoms with Crippen LogP contribution in [0.5, 0.6) is 0 Å². The van der Waals surface area contributed by atoms with Crippen molar-refractivity contribution in [2.45, 2.75) is 19.4 Å². The fraction of sp³-hybridized carbons (Fsp3) is 0.538. The van der Waals surface area contributed by atoms with Crippen molar-refractivity contribution in [2.24, 2.45) is 0 Å². The number of rotatable bonds is 8. The van der Waals surface area contributed by atoms with Gasteiger partial charge in [-0.15, -0.1) is 0 Å². The number of benzene rings is 1. The highest BCUT2D eigenvalue weighted by atomic mass is 32.2. The normalized spacial score (nSPS) is 13.3. The van der Waals surface area contributed by atoms with Crippen molar-refractivity contribution in [3.8, 4) is 0 Å². The molecule has 0 saturated carbocycles. The molecule has 1 atom stereocenters. The Morgan fingerprint density at radius 3 is 2.57 bits per heavy atom. The van der Waals surface area contributed by atoms with E-state index in [2.05, 4.69) is 5.32 Å². The lowest BCUT2D eigenvalue weighted by Gasteiger charge is -2.18. The largest absolute Gasteiger partial charge is 0.309 e. The summed E-state index contributed by atoms with van der Waals surface area (Å²) in [4.78, 5) is 10.3. The van der Waals surface area contributed by atoms with Crippen LogP contribution >= 0.6 is 0 Å². The molecule has 0 aliphatic carbocycles. The first-order valence-electron chi connectivity index (χ1n) is 6.66. The van der Waals surface area contributed by atoms with Crippen LogP contribution < -0.4 is 5.32 Å². The molecular weight excluding hydrogens is 294 g/mol. The molecule has 1 aromatic carbocycles. The molecule has 1 aromatic rings. The third kappa shape index (κ3) is 5.07. The number of sulfonamides is 1. The Kier molecular flexibility index (Phi) is 6.25. The van der Waals surface area contributed by atoms with Gasteiger partial charge in [0.05, 0.1) is 10.7 Å². The zero-order chi connectivity index (χ0) is 16.0. The maximum atomic E-state index is 11.7. The first kappa shape index (κ1) is 17.5. The quantitative estimate of drug-likeness (QED) is 0.580. The first-order valence-corrected chi connectivity index (χ1v) is 8.26. The minimum Gasteiger partial charge on any atom is -0.309 e. The molecule has 0 aliphatic rings. The van der Waals surface area contributed by atoms with Gasteiger partial charge in [-0.05, 0) is 12.0 Å². The zero-order valence-corrected chi connectivity index (χ0v) is 13.3. The average molecular weight is 315 g/mol. The monoisotopic (exact) mass is 315 g/mol. The molecule has 0 amide bonds. The fourth-order valence-electron chi connectivity index (χ4n) is 1.90. The van der Waals surface area contributed by atoms with Gasteiger partial charge < -0.3 is 5.32 Å². The summed E-state index contributed by atoms with van der Waals surface area (Å²) in [5.74, 6) is -0.00851. The van der Waals surface area contributed by atoms with Crippen LogP contribution in [0.1, 0.15) is 24.9 Å². The third-order valence-electron chi connectivity index (χ3n) is 3.20. The van der Waals surface area contributed by atoms with Crippen LogP contribution in [0.3, 0.4) is 0 Å². The van der Waals surface area contributed by atoms with Crippen molar-refractivity contribution in [1.29, 1.82) is 0 Å². The number of nitro groups is 1. The summed E-state index contributed by atoms with van der Waals surface area (Å²) in [7, 11) is -0.257. The number of hydrogen-bond donors (Lipinski definition) is 1. The van der Waals surface area contributed by atoms with E-state index in [0.29, 0.717) is 13.0 Å². The van der Waals surface area contributed by atoms with Crippen molar-refractivity contribution >= 4 is 15.7 Å². The molecule has 1 N–H and O–H groups in total. The van der Waals surface area contributed by atoms with Crippen LogP contribution in [0, 0.1) is 10.1 Å². The molecule has 0 spiro atoms. The molecular formula is C13H21N3O4S. The van der Waals surface area contributed by atoms with Gasteiger partial charge in [-0.25, -0.2) is 12.7 Å². The maximum Gasteiger partial charge on any atom is 0.269 e. The summed E-state index contributed by atoms with van der Waals surface area (Å²) in [5, 5.41) is 13.9. The molecule has 118 valence electrons. The van der Waals surface area contributed by atoms with Crippen molar-refractivity contribution in [1.82, 2.24) is 9.62 Å². The molecule has 0 aromatic heterocycles. The Labute approximate surface area is 125 Å². The molecule has 1 unspecified atom stereocenters. The van der Waals surface area contributed by atoms with Gasteiger partial charge in [0, 0.05) is 38.8 Å². The lowest BCUT2D eigenvalue weighted by molar-refractivity contribution is -0.384. The predicted molar refractivity (Wildman–Crippen MR) is 81.6 cm³/mol. The third-order valence-corrected chi connectivity index (χ3v) is 5.03. The van der Waals surface area contributed by atoms with Gasteiger partial charge in [0.15, 0.2) is 0 Å². The number of nitro benzene ring substituents is 1. The number of non-ortho nitro benzene ring substituents is 1. The summed E-state index contributed by atoms with van der Waals surface area (Å²) >= 11 is 0. The topological polar surface area (TPSA) is 92.6 Å². The second-order valence-corrected chi connectivity index (χ2v) is 7.17. The summed E-state index contributed by atoms with van der Waals surface area (Å²) in [6.07, 6.45) is 0.711. The van der Waals surface area contributed by atoms with E-state index in [1.807, 2.05) is 6.92 Å². The Morgan fingerprint density at radius 2 is 2.05 bits per heavy atom. The van der Waals surface area contributed by atoms with Crippen LogP contribution in [0.2, 0.25) is 0 Å². The van der Waals surface area contributed by atoms with Gasteiger partial charge in [0.2, 0.25) is 10.0 Å². The van der Waals surface area contributed by atoms with Gasteiger partial charge >= 0.3 is 0 Å². The van der Waals surface area contributed by atoms with Gasteiger partial charge in [-0.1, -0.05) is 19.1 Å². The molecule has 0 heterocycles. The molecule has 8 heteroatoms. The number of nitrogens with one attached hydrogen (secondary N) is 1. The van der Waals surface area contributed by atoms with Gasteiger partial charge in [0.1, 0.15) is 0 Å². The van der Waals surface area contributed by atoms with E-state index in [0.717, 1.165) is 5.56 Å². The van der Waals surface area contributed by atoms with Gasteiger partial charge in [0.25, 0.3) is 5.69 Å². The maximum absolute atomic E-state index is 11.7. The van der Waals surface area contributed by atoms with E-state index in [1.165, 1.54) is 30.5 Å². The summed E-state index contributed by atoms with van der Waals surface area (Å²) in [5.41, 5.74) is 0.822. The molecule has 21 heavy (non-hydrogen) atoms. The lowest BCUT2D eigenvalue weighted by Crippen LogP contribution is -2.32. The van der Waals surface area contributed by atoms with Gasteiger partial charge in [-0.2, -0.15) is 0 Å². The summed E-state index contributed by atoms with van der Waals surface area (Å²) < 4.78 is 24.5. The van der Waals surface area contributed by atoms with Gasteiger partial charge in [-0.3, -0.25) is 10.1 Å². The van der Waals surface area contributed by atoms with E-state index in [4.69, 9.17) is 0 Å². The summed E-state index contributed by atoms with van der Waals surface area (Å²) in [6, 6.07) is 6.28. The molecule has 0 fully saturated rings. The fourth-order valence-corrected chi connectivity index (χ4v) is 2.64. The van der Waals surface area contributed by atoms with E-state index >= 15 is 0 Å². The standard InChI is InChI=1S/C13H21N3O4S/c1-4-13(14-8-9-21(19,20)15(2)3)11-6-5-7-12(10-11)16(17)18/h5-7,10,13-14H,4,8-9H2,1-3H3. The smallest absolute Gasteiger partial charge is 0.269 e. The van der Waals surface area contributed by atoms with Crippen molar-refractivity contribution in [2.75, 3.05) is 26.4 Å². The first-order chi connectivity index (χ1) is 9.77. The highest BCUT2D eigenvalue weighted by molar-refractivity contribution is 7.89. The van der Waals surface area contributed by atoms with Crippen molar-refractivity contribution < 1.29 is 13.3 Å². The average Bonchev–Trinajstić information content (AvgIpc) is 2.43. The zero-order valence-electron chi connectivity index (χ0n) is 12.4. The van der Waals surface area contributed by atoms with Crippen LogP contribution in [0.15, 0.2) is 24.3 Å². The van der Waals surface area contributed by atoms with Crippen LogP contribution in [0.4, 0.5) is 5.69 Å². The molecule has 0 radical (unpaired) electrons. The molecule has 0 bridgehead atoms. The highest BCUT2D eigenvalue weighted by Crippen LogP contribution is 2.21. The van der Waals surface area contributed by atoms with E-state index in [1.54, 1.807) is 12.1 Å². The second-order valence-electron chi connectivity index (χ2n) is 4.87. The molecule has 0 aliphatic heterocycles. The Morgan fingerprint density at radius 1 is 1.38 bits per heavy atom. The molecule has 1 rings (SSSR count). The van der Waals surface area contributed by atoms with E-state index < -0.39 is 14.9 Å². The second kappa shape index (κ2) is 7.48. The Balaban J connectivity index is 2.72. The number of hydrogen-bond acceptors (Lipinski definition) is 5. The van der Waals surface area contributed by atoms with Crippen LogP contribution in [-0.2, 0) is 10.0 Å². The SMILES string of the molecule is CCC(NCCS(=O)(=O)N(C)C)c1cccc([N+](=O)[O-])c1. The number of nitrogens with zero attached hydrogens (tertiary/aromatic N) is 2. The van der Waals surface area contributed by atoms with E-state index in [9.17, 15) is 18.5 Å². The summed E-state index contributed by atoms with van der Waals surface area (Å²) in [6.45, 7) is 2.23. The minimum atomic E-state index is -3.24. The predicted octanol–water partition coefficient (Wildman–Crippen LogP) is 1.53.